The van der Waals surface area contributed by atoms with E-state index in [1.165, 1.54) is 0 Å². The van der Waals surface area contributed by atoms with E-state index in [2.05, 4.69) is 29.7 Å². The number of nitrogens with zero attached hydrogens (tertiary/aromatic N) is 5. The predicted octanol–water partition coefficient (Wildman–Crippen LogP) is 1.02. The SMILES string of the molecule is O=C(N[C@H]1CCc2nccn2C1)[C@H]1CCCN(c2ncccn2)C1. The minimum atomic E-state index is 0.00624. The van der Waals surface area contributed by atoms with Crippen LogP contribution < -0.4 is 10.2 Å². The maximum absolute atomic E-state index is 12.7. The van der Waals surface area contributed by atoms with Crippen molar-refractivity contribution in [3.63, 3.8) is 0 Å². The van der Waals surface area contributed by atoms with Crippen LogP contribution in [0.2, 0.25) is 0 Å². The molecular formula is C17H22N6O. The van der Waals surface area contributed by atoms with Gasteiger partial charge in [-0.25, -0.2) is 15.0 Å². The second-order valence-electron chi connectivity index (χ2n) is 6.57. The van der Waals surface area contributed by atoms with Crippen molar-refractivity contribution in [2.45, 2.75) is 38.3 Å². The second kappa shape index (κ2) is 6.59. The summed E-state index contributed by atoms with van der Waals surface area (Å²) in [6, 6.07) is 2.01. The number of nitrogens with one attached hydrogen (secondary N) is 1. The van der Waals surface area contributed by atoms with Crippen LogP contribution in [-0.2, 0) is 17.8 Å². The van der Waals surface area contributed by atoms with Crippen LogP contribution >= 0.6 is 0 Å². The Labute approximate surface area is 141 Å². The third-order valence-corrected chi connectivity index (χ3v) is 4.91. The van der Waals surface area contributed by atoms with E-state index in [1.54, 1.807) is 12.4 Å². The zero-order valence-corrected chi connectivity index (χ0v) is 13.6. The molecule has 0 radical (unpaired) electrons. The Balaban J connectivity index is 1.36. The van der Waals surface area contributed by atoms with Crippen LogP contribution in [0.25, 0.3) is 0 Å². The summed E-state index contributed by atoms with van der Waals surface area (Å²) in [5.41, 5.74) is 0. The van der Waals surface area contributed by atoms with E-state index < -0.39 is 0 Å². The minimum Gasteiger partial charge on any atom is -0.351 e. The Bertz CT molecular complexity index is 700. The van der Waals surface area contributed by atoms with Gasteiger partial charge in [-0.2, -0.15) is 0 Å². The van der Waals surface area contributed by atoms with Gasteiger partial charge in [0, 0.05) is 56.9 Å². The normalized spacial score (nSPS) is 23.6. The molecule has 2 aromatic rings. The Morgan fingerprint density at radius 1 is 1.12 bits per heavy atom. The molecule has 1 saturated heterocycles. The van der Waals surface area contributed by atoms with Crippen LogP contribution in [0.4, 0.5) is 5.95 Å². The lowest BCUT2D eigenvalue weighted by Gasteiger charge is -2.33. The van der Waals surface area contributed by atoms with Gasteiger partial charge < -0.3 is 14.8 Å². The number of imidazole rings is 1. The van der Waals surface area contributed by atoms with Gasteiger partial charge in [-0.15, -0.1) is 0 Å². The topological polar surface area (TPSA) is 75.9 Å². The molecule has 126 valence electrons. The first kappa shape index (κ1) is 15.1. The third kappa shape index (κ3) is 3.11. The monoisotopic (exact) mass is 326 g/mol. The highest BCUT2D eigenvalue weighted by atomic mass is 16.2. The number of aryl methyl sites for hydroxylation is 1. The number of carbonyl (C=O) groups excluding carboxylic acids is 1. The predicted molar refractivity (Wildman–Crippen MR) is 89.4 cm³/mol. The molecule has 1 N–H and O–H groups in total. The molecule has 2 atom stereocenters. The highest BCUT2D eigenvalue weighted by molar-refractivity contribution is 5.79. The minimum absolute atomic E-state index is 0.00624. The Morgan fingerprint density at radius 3 is 2.88 bits per heavy atom. The van der Waals surface area contributed by atoms with Crippen molar-refractivity contribution < 1.29 is 4.79 Å². The molecule has 0 bridgehead atoms. The molecule has 24 heavy (non-hydrogen) atoms. The number of carbonyl (C=O) groups is 1. The van der Waals surface area contributed by atoms with Crippen molar-refractivity contribution in [1.82, 2.24) is 24.8 Å². The molecule has 1 fully saturated rings. The van der Waals surface area contributed by atoms with E-state index in [9.17, 15) is 4.79 Å². The highest BCUT2D eigenvalue weighted by Gasteiger charge is 2.29. The van der Waals surface area contributed by atoms with Gasteiger partial charge in [0.25, 0.3) is 0 Å². The molecule has 0 aromatic carbocycles. The van der Waals surface area contributed by atoms with Crippen LogP contribution in [0.3, 0.4) is 0 Å². The van der Waals surface area contributed by atoms with Gasteiger partial charge in [0.1, 0.15) is 5.82 Å². The lowest BCUT2D eigenvalue weighted by molar-refractivity contribution is -0.126. The van der Waals surface area contributed by atoms with E-state index in [0.717, 1.165) is 50.5 Å². The molecule has 7 heteroatoms. The Hall–Kier alpha value is -2.44. The molecule has 0 aliphatic carbocycles. The van der Waals surface area contributed by atoms with Gasteiger partial charge in [-0.1, -0.05) is 0 Å². The van der Waals surface area contributed by atoms with Gasteiger partial charge in [0.05, 0.1) is 5.92 Å². The first-order valence-electron chi connectivity index (χ1n) is 8.62. The second-order valence-corrected chi connectivity index (χ2v) is 6.57. The van der Waals surface area contributed by atoms with Crippen molar-refractivity contribution >= 4 is 11.9 Å². The summed E-state index contributed by atoms with van der Waals surface area (Å²) in [5.74, 6) is 2.00. The smallest absolute Gasteiger partial charge is 0.225 e. The number of rotatable bonds is 3. The summed E-state index contributed by atoms with van der Waals surface area (Å²) < 4.78 is 2.14. The molecule has 0 spiro atoms. The molecular weight excluding hydrogens is 304 g/mol. The fourth-order valence-electron chi connectivity index (χ4n) is 3.63. The number of piperidine rings is 1. The summed E-state index contributed by atoms with van der Waals surface area (Å²) in [4.78, 5) is 27.7. The standard InChI is InChI=1S/C17H22N6O/c24-16(21-14-4-5-15-18-8-10-22(15)12-14)13-3-1-9-23(11-13)17-19-6-2-7-20-17/h2,6-8,10,13-14H,1,3-5,9,11-12H2,(H,21,24)/t13-,14-/m0/s1. The van der Waals surface area contributed by atoms with Crippen molar-refractivity contribution in [3.8, 4) is 0 Å². The van der Waals surface area contributed by atoms with Gasteiger partial charge in [0.2, 0.25) is 11.9 Å². The first-order valence-corrected chi connectivity index (χ1v) is 8.62. The van der Waals surface area contributed by atoms with Crippen molar-refractivity contribution in [3.05, 3.63) is 36.7 Å². The quantitative estimate of drug-likeness (QED) is 0.911. The van der Waals surface area contributed by atoms with E-state index in [-0.39, 0.29) is 17.9 Å². The molecule has 4 rings (SSSR count). The molecule has 1 amide bonds. The fraction of sp³-hybridized carbons (Fsp3) is 0.529. The Morgan fingerprint density at radius 2 is 2.00 bits per heavy atom. The molecule has 0 unspecified atom stereocenters. The van der Waals surface area contributed by atoms with Crippen LogP contribution in [0.15, 0.2) is 30.9 Å². The molecule has 2 aromatic heterocycles. The summed E-state index contributed by atoms with van der Waals surface area (Å²) >= 11 is 0. The van der Waals surface area contributed by atoms with Crippen molar-refractivity contribution in [1.29, 1.82) is 0 Å². The number of anilines is 1. The average Bonchev–Trinajstić information content (AvgIpc) is 3.10. The van der Waals surface area contributed by atoms with E-state index in [1.807, 2.05) is 18.5 Å². The number of hydrogen-bond acceptors (Lipinski definition) is 5. The van der Waals surface area contributed by atoms with E-state index >= 15 is 0 Å². The number of fused-ring (bicyclic) bond motifs is 1. The molecule has 0 saturated carbocycles. The van der Waals surface area contributed by atoms with Crippen LogP contribution in [0.1, 0.15) is 25.1 Å². The zero-order chi connectivity index (χ0) is 16.4. The molecule has 7 nitrogen and oxygen atoms in total. The molecule has 2 aliphatic rings. The van der Waals surface area contributed by atoms with Crippen molar-refractivity contribution in [2.75, 3.05) is 18.0 Å². The molecule has 2 aliphatic heterocycles. The lowest BCUT2D eigenvalue weighted by atomic mass is 9.96. The highest BCUT2D eigenvalue weighted by Crippen LogP contribution is 2.21. The largest absolute Gasteiger partial charge is 0.351 e. The van der Waals surface area contributed by atoms with Gasteiger partial charge in [-0.05, 0) is 25.3 Å². The first-order chi connectivity index (χ1) is 11.8. The maximum atomic E-state index is 12.7. The Kier molecular flexibility index (Phi) is 4.15. The number of hydrogen-bond donors (Lipinski definition) is 1. The summed E-state index contributed by atoms with van der Waals surface area (Å²) in [7, 11) is 0. The summed E-state index contributed by atoms with van der Waals surface area (Å²) in [6.45, 7) is 2.42. The molecule has 4 heterocycles. The van der Waals surface area contributed by atoms with Crippen molar-refractivity contribution in [2.24, 2.45) is 5.92 Å². The summed E-state index contributed by atoms with van der Waals surface area (Å²) in [6.07, 6.45) is 11.1. The van der Waals surface area contributed by atoms with Crippen LogP contribution in [0, 0.1) is 5.92 Å². The van der Waals surface area contributed by atoms with Gasteiger partial charge in [-0.3, -0.25) is 4.79 Å². The van der Waals surface area contributed by atoms with Crippen LogP contribution in [0.5, 0.6) is 0 Å². The zero-order valence-electron chi connectivity index (χ0n) is 13.6. The maximum Gasteiger partial charge on any atom is 0.225 e. The van der Waals surface area contributed by atoms with Gasteiger partial charge >= 0.3 is 0 Å². The van der Waals surface area contributed by atoms with E-state index in [4.69, 9.17) is 0 Å². The number of aromatic nitrogens is 4. The summed E-state index contributed by atoms with van der Waals surface area (Å²) in [5, 5.41) is 3.24. The lowest BCUT2D eigenvalue weighted by Crippen LogP contribution is -2.48. The third-order valence-electron chi connectivity index (χ3n) is 4.91. The van der Waals surface area contributed by atoms with E-state index in [0.29, 0.717) is 6.54 Å². The number of amides is 1. The fourth-order valence-corrected chi connectivity index (χ4v) is 3.63. The van der Waals surface area contributed by atoms with Gasteiger partial charge in [0.15, 0.2) is 0 Å². The van der Waals surface area contributed by atoms with Crippen LogP contribution in [-0.4, -0.2) is 44.6 Å². The average molecular weight is 326 g/mol.